The third-order valence-electron chi connectivity index (χ3n) is 1.01. The zero-order valence-corrected chi connectivity index (χ0v) is 6.63. The van der Waals surface area contributed by atoms with Gasteiger partial charge in [0.25, 0.3) is 0 Å². The highest BCUT2D eigenvalue weighted by Crippen LogP contribution is 2.02. The smallest absolute Gasteiger partial charge is 0.330 e. The van der Waals surface area contributed by atoms with Crippen LogP contribution in [0.4, 0.5) is 0 Å². The van der Waals surface area contributed by atoms with Crippen molar-refractivity contribution in [1.82, 2.24) is 4.98 Å². The van der Waals surface area contributed by atoms with Crippen molar-refractivity contribution in [2.45, 2.75) is 6.61 Å². The van der Waals surface area contributed by atoms with Gasteiger partial charge in [-0.3, -0.25) is 0 Å². The summed E-state index contributed by atoms with van der Waals surface area (Å²) >= 11 is 1.47. The third kappa shape index (κ3) is 2.51. The molecule has 0 radical (unpaired) electrons. The fourth-order valence-corrected chi connectivity index (χ4v) is 1.06. The maximum Gasteiger partial charge on any atom is 0.330 e. The minimum atomic E-state index is -0.419. The van der Waals surface area contributed by atoms with Crippen LogP contribution >= 0.6 is 11.3 Å². The van der Waals surface area contributed by atoms with Crippen LogP contribution in [0.15, 0.2) is 23.5 Å². The molecule has 11 heavy (non-hydrogen) atoms. The predicted molar refractivity (Wildman–Crippen MR) is 42.1 cm³/mol. The molecule has 0 N–H and O–H groups in total. The lowest BCUT2D eigenvalue weighted by molar-refractivity contribution is -0.139. The molecule has 3 nitrogen and oxygen atoms in total. The number of hydrogen-bond acceptors (Lipinski definition) is 4. The van der Waals surface area contributed by atoms with Crippen molar-refractivity contribution in [3.8, 4) is 0 Å². The standard InChI is InChI=1S/C7H7NO2S/c1-2-7(9)10-3-6-4-11-5-8-6/h2,4-5H,1,3H2. The molecule has 0 aromatic carbocycles. The van der Waals surface area contributed by atoms with Gasteiger partial charge in [0.1, 0.15) is 6.61 Å². The fourth-order valence-electron chi connectivity index (χ4n) is 0.513. The van der Waals surface area contributed by atoms with Crippen molar-refractivity contribution in [2.24, 2.45) is 0 Å². The Morgan fingerprint density at radius 2 is 2.73 bits per heavy atom. The Balaban J connectivity index is 2.34. The fraction of sp³-hybridized carbons (Fsp3) is 0.143. The zero-order valence-electron chi connectivity index (χ0n) is 5.82. The van der Waals surface area contributed by atoms with Crippen LogP contribution in [-0.4, -0.2) is 11.0 Å². The summed E-state index contributed by atoms with van der Waals surface area (Å²) in [5, 5.41) is 1.83. The van der Waals surface area contributed by atoms with E-state index in [0.717, 1.165) is 11.8 Å². The van der Waals surface area contributed by atoms with E-state index in [2.05, 4.69) is 11.6 Å². The second-order valence-electron chi connectivity index (χ2n) is 1.79. The van der Waals surface area contributed by atoms with E-state index in [1.54, 1.807) is 5.51 Å². The topological polar surface area (TPSA) is 39.2 Å². The molecular weight excluding hydrogens is 162 g/mol. The molecule has 0 fully saturated rings. The number of thiazole rings is 1. The molecule has 0 saturated heterocycles. The monoisotopic (exact) mass is 169 g/mol. The van der Waals surface area contributed by atoms with Crippen molar-refractivity contribution >= 4 is 17.3 Å². The van der Waals surface area contributed by atoms with E-state index >= 15 is 0 Å². The molecule has 58 valence electrons. The summed E-state index contributed by atoms with van der Waals surface area (Å²) in [7, 11) is 0. The van der Waals surface area contributed by atoms with Crippen LogP contribution in [0.3, 0.4) is 0 Å². The van der Waals surface area contributed by atoms with E-state index in [4.69, 9.17) is 4.74 Å². The van der Waals surface area contributed by atoms with E-state index in [9.17, 15) is 4.79 Å². The normalized spacial score (nSPS) is 9.09. The van der Waals surface area contributed by atoms with Gasteiger partial charge in [-0.25, -0.2) is 9.78 Å². The minimum Gasteiger partial charge on any atom is -0.456 e. The SMILES string of the molecule is C=CC(=O)OCc1cscn1. The number of carbonyl (C=O) groups excluding carboxylic acids is 1. The molecule has 0 atom stereocenters. The summed E-state index contributed by atoms with van der Waals surface area (Å²) in [6, 6.07) is 0. The van der Waals surface area contributed by atoms with Gasteiger partial charge in [0.2, 0.25) is 0 Å². The van der Waals surface area contributed by atoms with Crippen LogP contribution in [0, 0.1) is 0 Å². The van der Waals surface area contributed by atoms with Gasteiger partial charge in [0.05, 0.1) is 11.2 Å². The van der Waals surface area contributed by atoms with E-state index < -0.39 is 5.97 Å². The van der Waals surface area contributed by atoms with Crippen LogP contribution in [-0.2, 0) is 16.1 Å². The Kier molecular flexibility index (Phi) is 2.80. The number of nitrogens with zero attached hydrogens (tertiary/aromatic N) is 1. The summed E-state index contributed by atoms with van der Waals surface area (Å²) in [5.74, 6) is -0.419. The Morgan fingerprint density at radius 3 is 3.27 bits per heavy atom. The first-order valence-corrected chi connectivity index (χ1v) is 3.93. The maximum atomic E-state index is 10.5. The molecule has 0 aliphatic rings. The molecule has 0 amide bonds. The van der Waals surface area contributed by atoms with Crippen LogP contribution < -0.4 is 0 Å². The van der Waals surface area contributed by atoms with Gasteiger partial charge in [0.15, 0.2) is 0 Å². The van der Waals surface area contributed by atoms with Gasteiger partial charge in [-0.1, -0.05) is 6.58 Å². The van der Waals surface area contributed by atoms with E-state index in [1.165, 1.54) is 11.3 Å². The first kappa shape index (κ1) is 7.94. The summed E-state index contributed by atoms with van der Waals surface area (Å²) < 4.78 is 4.72. The number of ether oxygens (including phenoxy) is 1. The lowest BCUT2D eigenvalue weighted by Crippen LogP contribution is -1.99. The number of rotatable bonds is 3. The second kappa shape index (κ2) is 3.88. The molecule has 4 heteroatoms. The van der Waals surface area contributed by atoms with Crippen LogP contribution in [0.1, 0.15) is 5.69 Å². The quantitative estimate of drug-likeness (QED) is 0.506. The molecule has 0 aliphatic heterocycles. The molecule has 0 aliphatic carbocycles. The minimum absolute atomic E-state index is 0.231. The van der Waals surface area contributed by atoms with Crippen molar-refractivity contribution in [3.05, 3.63) is 29.2 Å². The Labute approximate surface area is 68.3 Å². The Morgan fingerprint density at radius 1 is 1.91 bits per heavy atom. The second-order valence-corrected chi connectivity index (χ2v) is 2.51. The van der Waals surface area contributed by atoms with Crippen molar-refractivity contribution in [2.75, 3.05) is 0 Å². The summed E-state index contributed by atoms with van der Waals surface area (Å²) in [4.78, 5) is 14.5. The van der Waals surface area contributed by atoms with Crippen LogP contribution in [0.2, 0.25) is 0 Å². The van der Waals surface area contributed by atoms with Crippen LogP contribution in [0.25, 0.3) is 0 Å². The first-order valence-electron chi connectivity index (χ1n) is 2.99. The molecular formula is C7H7NO2S. The average Bonchev–Trinajstić information content (AvgIpc) is 2.52. The predicted octanol–water partition coefficient (Wildman–Crippen LogP) is 1.37. The number of carbonyl (C=O) groups is 1. The highest BCUT2D eigenvalue weighted by atomic mass is 32.1. The highest BCUT2D eigenvalue weighted by Gasteiger charge is 1.97. The zero-order chi connectivity index (χ0) is 8.10. The van der Waals surface area contributed by atoms with E-state index in [0.29, 0.717) is 0 Å². The first-order chi connectivity index (χ1) is 5.33. The average molecular weight is 169 g/mol. The van der Waals surface area contributed by atoms with Crippen molar-refractivity contribution in [1.29, 1.82) is 0 Å². The summed E-state index contributed by atoms with van der Waals surface area (Å²) in [6.07, 6.45) is 1.13. The molecule has 0 spiro atoms. The highest BCUT2D eigenvalue weighted by molar-refractivity contribution is 7.07. The summed E-state index contributed by atoms with van der Waals surface area (Å²) in [6.45, 7) is 3.50. The Bertz CT molecular complexity index is 243. The molecule has 0 bridgehead atoms. The molecule has 1 aromatic rings. The number of esters is 1. The lowest BCUT2D eigenvalue weighted by atomic mass is 10.5. The van der Waals surface area contributed by atoms with E-state index in [1.807, 2.05) is 5.38 Å². The van der Waals surface area contributed by atoms with Gasteiger partial charge < -0.3 is 4.74 Å². The van der Waals surface area contributed by atoms with Crippen molar-refractivity contribution < 1.29 is 9.53 Å². The third-order valence-corrected chi connectivity index (χ3v) is 1.65. The molecule has 1 aromatic heterocycles. The van der Waals surface area contributed by atoms with Crippen molar-refractivity contribution in [3.63, 3.8) is 0 Å². The van der Waals surface area contributed by atoms with Gasteiger partial charge in [0, 0.05) is 11.5 Å². The lowest BCUT2D eigenvalue weighted by Gasteiger charge is -1.96. The van der Waals surface area contributed by atoms with Gasteiger partial charge in [-0.15, -0.1) is 11.3 Å². The molecule has 0 unspecified atom stereocenters. The molecule has 1 rings (SSSR count). The molecule has 1 heterocycles. The number of aromatic nitrogens is 1. The van der Waals surface area contributed by atoms with Gasteiger partial charge in [-0.2, -0.15) is 0 Å². The van der Waals surface area contributed by atoms with E-state index in [-0.39, 0.29) is 6.61 Å². The molecule has 0 saturated carbocycles. The van der Waals surface area contributed by atoms with Gasteiger partial charge >= 0.3 is 5.97 Å². The largest absolute Gasteiger partial charge is 0.456 e. The van der Waals surface area contributed by atoms with Crippen LogP contribution in [0.5, 0.6) is 0 Å². The summed E-state index contributed by atoms with van der Waals surface area (Å²) in [5.41, 5.74) is 2.46. The Hall–Kier alpha value is -1.16. The number of hydrogen-bond donors (Lipinski definition) is 0. The van der Waals surface area contributed by atoms with Gasteiger partial charge in [-0.05, 0) is 0 Å². The maximum absolute atomic E-state index is 10.5.